The predicted molar refractivity (Wildman–Crippen MR) is 93.4 cm³/mol. The van der Waals surface area contributed by atoms with Gasteiger partial charge in [-0.15, -0.1) is 0 Å². The van der Waals surface area contributed by atoms with Crippen LogP contribution < -0.4 is 0 Å². The van der Waals surface area contributed by atoms with Crippen molar-refractivity contribution in [1.29, 1.82) is 0 Å². The van der Waals surface area contributed by atoms with Crippen LogP contribution in [-0.4, -0.2) is 14.6 Å². The van der Waals surface area contributed by atoms with Crippen molar-refractivity contribution in [3.05, 3.63) is 93.0 Å². The van der Waals surface area contributed by atoms with E-state index in [0.29, 0.717) is 0 Å². The van der Waals surface area contributed by atoms with E-state index in [4.69, 9.17) is 0 Å². The van der Waals surface area contributed by atoms with Crippen molar-refractivity contribution in [2.75, 3.05) is 0 Å². The number of rotatable bonds is 3. The van der Waals surface area contributed by atoms with Gasteiger partial charge in [0.15, 0.2) is 0 Å². The van der Waals surface area contributed by atoms with Crippen molar-refractivity contribution in [1.82, 2.24) is 0 Å². The third-order valence-electron chi connectivity index (χ3n) is 3.28. The van der Waals surface area contributed by atoms with Crippen LogP contribution in [0, 0.1) is 70.1 Å². The van der Waals surface area contributed by atoms with Gasteiger partial charge in [0.1, 0.15) is 0 Å². The van der Waals surface area contributed by atoms with Crippen LogP contribution in [0.5, 0.6) is 0 Å². The van der Waals surface area contributed by atoms with Crippen LogP contribution in [0.1, 0.15) is 12.5 Å². The third kappa shape index (κ3) is 6.70. The molecule has 1 aromatic carbocycles. The zero-order valence-corrected chi connectivity index (χ0v) is 15.5. The zero-order valence-electron chi connectivity index (χ0n) is 13.5. The molecule has 124 valence electrons. The molecule has 10 radical (unpaired) electrons. The Balaban J connectivity index is 0.000000412. The number of aryl methyl sites for hydroxylation is 1. The molecule has 0 saturated heterocycles. The topological polar surface area (TPSA) is 46.5 Å². The van der Waals surface area contributed by atoms with Crippen LogP contribution in [0.4, 0.5) is 0 Å². The summed E-state index contributed by atoms with van der Waals surface area (Å²) in [5.74, 6) is 1.84. The smallest absolute Gasteiger partial charge is 0.199 e. The molecule has 0 heterocycles. The summed E-state index contributed by atoms with van der Waals surface area (Å²) in [5, 5.41) is 0. The van der Waals surface area contributed by atoms with Gasteiger partial charge in [-0.25, -0.2) is 0 Å². The van der Waals surface area contributed by atoms with Crippen molar-refractivity contribution >= 4 is 16.2 Å². The van der Waals surface area contributed by atoms with Gasteiger partial charge in [0.25, 0.3) is 10.0 Å². The average molecular weight is 381 g/mol. The number of benzene rings is 1. The van der Waals surface area contributed by atoms with Crippen molar-refractivity contribution in [3.63, 3.8) is 0 Å². The van der Waals surface area contributed by atoms with Gasteiger partial charge >= 0.3 is 17.1 Å². The molecule has 0 unspecified atom stereocenters. The zero-order chi connectivity index (χ0) is 16.7. The summed E-state index contributed by atoms with van der Waals surface area (Å²) in [6.07, 6.45) is 17.0. The van der Waals surface area contributed by atoms with E-state index in [-0.39, 0.29) is 22.0 Å². The molecular formula is C19H19FeNO2S+2. The second-order valence-electron chi connectivity index (χ2n) is 5.15. The van der Waals surface area contributed by atoms with Gasteiger partial charge in [-0.1, -0.05) is 24.6 Å². The standard InChI is InChI=1S/C14H14NO2S.C5H5.Fe/c1-11-6-8-14(9-7-11)18(16,17)15-10-13-5-3-4-12(13)2;1-2-4-5-3-1;/h3-10H,1-2H3;1-5H;/q;;+2/b15-10+;;. The molecule has 2 fully saturated rings. The van der Waals surface area contributed by atoms with Crippen molar-refractivity contribution < 1.29 is 25.5 Å². The molecule has 24 heavy (non-hydrogen) atoms. The molecule has 0 amide bonds. The summed E-state index contributed by atoms with van der Waals surface area (Å²) in [6.45, 7) is 3.83. The average Bonchev–Trinajstić information content (AvgIpc) is 3.20. The second-order valence-corrected chi connectivity index (χ2v) is 6.78. The first kappa shape index (κ1) is 21.4. The minimum Gasteiger partial charge on any atom is -0.199 e. The molecule has 0 aliphatic heterocycles. The Bertz CT molecular complexity index is 599. The summed E-state index contributed by atoms with van der Waals surface area (Å²) in [4.78, 5) is 0.216. The van der Waals surface area contributed by atoms with E-state index in [1.807, 2.05) is 65.2 Å². The minimum atomic E-state index is -3.60. The molecule has 1 aromatic rings. The molecular weight excluding hydrogens is 362 g/mol. The minimum absolute atomic E-state index is 0. The Labute approximate surface area is 157 Å². The molecule has 3 rings (SSSR count). The largest absolute Gasteiger partial charge is 2.00 e. The molecule has 2 saturated carbocycles. The van der Waals surface area contributed by atoms with Crippen LogP contribution in [-0.2, 0) is 27.1 Å². The molecule has 0 bridgehead atoms. The maximum Gasteiger partial charge on any atom is 2.00 e. The molecule has 3 nitrogen and oxygen atoms in total. The first-order valence-electron chi connectivity index (χ1n) is 7.25. The summed E-state index contributed by atoms with van der Waals surface area (Å²) in [5.41, 5.74) is 1.02. The van der Waals surface area contributed by atoms with E-state index in [1.54, 1.807) is 24.3 Å². The van der Waals surface area contributed by atoms with Crippen LogP contribution in [0.15, 0.2) is 33.6 Å². The van der Waals surface area contributed by atoms with Gasteiger partial charge in [0, 0.05) is 12.1 Å². The Morgan fingerprint density at radius 1 is 0.833 bits per heavy atom. The van der Waals surface area contributed by atoms with Gasteiger partial charge in [-0.2, -0.15) is 12.8 Å². The Morgan fingerprint density at radius 2 is 1.38 bits per heavy atom. The second kappa shape index (κ2) is 10.4. The molecule has 5 heteroatoms. The third-order valence-corrected chi connectivity index (χ3v) is 4.53. The van der Waals surface area contributed by atoms with E-state index in [9.17, 15) is 8.42 Å². The Morgan fingerprint density at radius 3 is 1.83 bits per heavy atom. The number of sulfonamides is 1. The number of hydrogen-bond donors (Lipinski definition) is 0. The van der Waals surface area contributed by atoms with Gasteiger partial charge in [-0.05, 0) is 76.3 Å². The van der Waals surface area contributed by atoms with Gasteiger partial charge in [-0.3, -0.25) is 0 Å². The van der Waals surface area contributed by atoms with Crippen molar-refractivity contribution in [3.8, 4) is 0 Å². The van der Waals surface area contributed by atoms with Crippen LogP contribution in [0.25, 0.3) is 0 Å². The predicted octanol–water partition coefficient (Wildman–Crippen LogP) is 3.57. The summed E-state index contributed by atoms with van der Waals surface area (Å²) in [6, 6.07) is 6.66. The van der Waals surface area contributed by atoms with Gasteiger partial charge in [0.05, 0.1) is 4.90 Å². The van der Waals surface area contributed by atoms with Crippen LogP contribution in [0.2, 0.25) is 0 Å². The molecule has 0 spiro atoms. The monoisotopic (exact) mass is 381 g/mol. The van der Waals surface area contributed by atoms with E-state index in [1.165, 1.54) is 6.21 Å². The Hall–Kier alpha value is -0.641. The molecule has 0 N–H and O–H groups in total. The summed E-state index contributed by atoms with van der Waals surface area (Å²) >= 11 is 0. The van der Waals surface area contributed by atoms with E-state index in [0.717, 1.165) is 17.4 Å². The van der Waals surface area contributed by atoms with Gasteiger partial charge in [0.2, 0.25) is 0 Å². The molecule has 0 aromatic heterocycles. The molecule has 0 atom stereocenters. The fourth-order valence-corrected chi connectivity index (χ4v) is 2.74. The first-order chi connectivity index (χ1) is 11.0. The fraction of sp³-hybridized carbons (Fsp3) is 0.105. The molecule has 2 aliphatic carbocycles. The van der Waals surface area contributed by atoms with Gasteiger partial charge < -0.3 is 0 Å². The fourth-order valence-electron chi connectivity index (χ4n) is 1.89. The molecule has 2 aliphatic rings. The normalized spacial score (nSPS) is 19.1. The van der Waals surface area contributed by atoms with E-state index in [2.05, 4.69) is 4.40 Å². The maximum absolute atomic E-state index is 12.0. The van der Waals surface area contributed by atoms with Crippen molar-refractivity contribution in [2.45, 2.75) is 18.7 Å². The summed E-state index contributed by atoms with van der Waals surface area (Å²) < 4.78 is 27.6. The van der Waals surface area contributed by atoms with Crippen molar-refractivity contribution in [2.24, 2.45) is 4.40 Å². The van der Waals surface area contributed by atoms with Crippen LogP contribution >= 0.6 is 0 Å². The van der Waals surface area contributed by atoms with E-state index >= 15 is 0 Å². The summed E-state index contributed by atoms with van der Waals surface area (Å²) in [7, 11) is -3.60. The van der Waals surface area contributed by atoms with E-state index < -0.39 is 10.0 Å². The number of nitrogens with zero attached hydrogens (tertiary/aromatic N) is 1. The first-order valence-corrected chi connectivity index (χ1v) is 8.69. The quantitative estimate of drug-likeness (QED) is 0.594. The number of hydrogen-bond acceptors (Lipinski definition) is 2. The SMILES string of the molecule is C[C]1[CH][CH][CH][C]1/C=N/S(=O)(=O)c1ccc(C)cc1.[CH]1[CH][CH][CH][CH]1.[Fe+2]. The van der Waals surface area contributed by atoms with Crippen LogP contribution in [0.3, 0.4) is 0 Å². The Kier molecular flexibility index (Phi) is 9.25. The maximum atomic E-state index is 12.0.